The van der Waals surface area contributed by atoms with Crippen LogP contribution in [-0.4, -0.2) is 36.5 Å². The molecule has 2 aliphatic rings. The summed E-state index contributed by atoms with van der Waals surface area (Å²) >= 11 is 0. The number of halogens is 2. The second-order valence-corrected chi connectivity index (χ2v) is 6.33. The van der Waals surface area contributed by atoms with Crippen LogP contribution < -0.4 is 10.6 Å². The molecule has 0 saturated carbocycles. The van der Waals surface area contributed by atoms with Gasteiger partial charge in [-0.2, -0.15) is 0 Å². The second kappa shape index (κ2) is 9.48. The van der Waals surface area contributed by atoms with Crippen molar-refractivity contribution in [2.45, 2.75) is 44.7 Å². The highest BCUT2D eigenvalue weighted by atomic mass is 35.5. The highest BCUT2D eigenvalue weighted by molar-refractivity contribution is 5.96. The zero-order valence-electron chi connectivity index (χ0n) is 13.4. The summed E-state index contributed by atoms with van der Waals surface area (Å²) in [5.74, 6) is 0.141. The quantitative estimate of drug-likeness (QED) is 0.902. The molecule has 3 rings (SSSR count). The molecule has 23 heavy (non-hydrogen) atoms. The SMILES string of the molecule is Cl.Cl.NC1CC(=O)N(c2ccc(CN3CCCCCC3)cc2)C1. The van der Waals surface area contributed by atoms with Gasteiger partial charge in [0.05, 0.1) is 0 Å². The van der Waals surface area contributed by atoms with E-state index in [4.69, 9.17) is 5.73 Å². The Bertz CT molecular complexity index is 487. The number of hydrogen-bond acceptors (Lipinski definition) is 3. The first-order chi connectivity index (χ1) is 10.2. The molecular formula is C17H27Cl2N3O. The van der Waals surface area contributed by atoms with Gasteiger partial charge in [-0.3, -0.25) is 9.69 Å². The number of hydrogen-bond donors (Lipinski definition) is 1. The van der Waals surface area contributed by atoms with Crippen LogP contribution in [-0.2, 0) is 11.3 Å². The maximum absolute atomic E-state index is 11.9. The first kappa shape index (κ1) is 20.2. The Labute approximate surface area is 151 Å². The number of benzene rings is 1. The monoisotopic (exact) mass is 359 g/mol. The third kappa shape index (κ3) is 5.35. The minimum atomic E-state index is -0.0192. The number of rotatable bonds is 3. The Balaban J connectivity index is 0.00000132. The lowest BCUT2D eigenvalue weighted by atomic mass is 10.2. The molecule has 2 aliphatic heterocycles. The smallest absolute Gasteiger partial charge is 0.228 e. The minimum absolute atomic E-state index is 0. The summed E-state index contributed by atoms with van der Waals surface area (Å²) < 4.78 is 0. The van der Waals surface area contributed by atoms with E-state index >= 15 is 0 Å². The third-order valence-electron chi connectivity index (χ3n) is 4.51. The van der Waals surface area contributed by atoms with Crippen molar-refractivity contribution in [2.75, 3.05) is 24.5 Å². The van der Waals surface area contributed by atoms with E-state index in [9.17, 15) is 4.79 Å². The number of carbonyl (C=O) groups excluding carboxylic acids is 1. The van der Waals surface area contributed by atoms with Gasteiger partial charge in [0.25, 0.3) is 0 Å². The van der Waals surface area contributed by atoms with Crippen molar-refractivity contribution in [2.24, 2.45) is 5.73 Å². The molecule has 1 aromatic rings. The van der Waals surface area contributed by atoms with Crippen molar-refractivity contribution in [3.8, 4) is 0 Å². The van der Waals surface area contributed by atoms with E-state index in [1.165, 1.54) is 44.3 Å². The molecular weight excluding hydrogens is 333 g/mol. The van der Waals surface area contributed by atoms with Crippen LogP contribution in [0.1, 0.15) is 37.7 Å². The molecule has 1 unspecified atom stereocenters. The van der Waals surface area contributed by atoms with Crippen LogP contribution in [0.4, 0.5) is 5.69 Å². The molecule has 2 heterocycles. The summed E-state index contributed by atoms with van der Waals surface area (Å²) in [5.41, 5.74) is 8.16. The molecule has 1 aromatic carbocycles. The Hall–Kier alpha value is -0.810. The van der Waals surface area contributed by atoms with Crippen LogP contribution in [0.25, 0.3) is 0 Å². The summed E-state index contributed by atoms with van der Waals surface area (Å²) in [6.45, 7) is 4.08. The maximum atomic E-state index is 11.9. The van der Waals surface area contributed by atoms with Crippen molar-refractivity contribution in [3.05, 3.63) is 29.8 Å². The number of likely N-dealkylation sites (tertiary alicyclic amines) is 1. The van der Waals surface area contributed by atoms with Crippen LogP contribution in [0.5, 0.6) is 0 Å². The average Bonchev–Trinajstić information content (AvgIpc) is 2.67. The van der Waals surface area contributed by atoms with Crippen LogP contribution >= 0.6 is 24.8 Å². The molecule has 0 aromatic heterocycles. The van der Waals surface area contributed by atoms with Crippen molar-refractivity contribution in [3.63, 3.8) is 0 Å². The van der Waals surface area contributed by atoms with Gasteiger partial charge in [0.1, 0.15) is 0 Å². The lowest BCUT2D eigenvalue weighted by Crippen LogP contribution is -2.28. The van der Waals surface area contributed by atoms with Gasteiger partial charge in [-0.05, 0) is 43.6 Å². The predicted octanol–water partition coefficient (Wildman–Crippen LogP) is 2.97. The van der Waals surface area contributed by atoms with Gasteiger partial charge in [-0.1, -0.05) is 25.0 Å². The van der Waals surface area contributed by atoms with Crippen LogP contribution in [0, 0.1) is 0 Å². The van der Waals surface area contributed by atoms with Gasteiger partial charge < -0.3 is 10.6 Å². The summed E-state index contributed by atoms with van der Waals surface area (Å²) in [7, 11) is 0. The van der Waals surface area contributed by atoms with Crippen molar-refractivity contribution in [1.82, 2.24) is 4.90 Å². The first-order valence-corrected chi connectivity index (χ1v) is 8.09. The van der Waals surface area contributed by atoms with Gasteiger partial charge in [-0.15, -0.1) is 24.8 Å². The van der Waals surface area contributed by atoms with E-state index in [1.807, 2.05) is 0 Å². The molecule has 0 aliphatic carbocycles. The molecule has 0 bridgehead atoms. The zero-order valence-corrected chi connectivity index (χ0v) is 15.1. The summed E-state index contributed by atoms with van der Waals surface area (Å²) in [6, 6.07) is 8.40. The fourth-order valence-corrected chi connectivity index (χ4v) is 3.32. The lowest BCUT2D eigenvalue weighted by molar-refractivity contribution is -0.117. The molecule has 130 valence electrons. The standard InChI is InChI=1S/C17H25N3O.2ClH/c18-15-11-17(21)20(13-15)16-7-5-14(6-8-16)12-19-9-3-1-2-4-10-19;;/h5-8,15H,1-4,9-13,18H2;2*1H. The molecule has 0 radical (unpaired) electrons. The van der Waals surface area contributed by atoms with Gasteiger partial charge >= 0.3 is 0 Å². The normalized spacial score (nSPS) is 22.2. The summed E-state index contributed by atoms with van der Waals surface area (Å²) in [4.78, 5) is 16.2. The van der Waals surface area contributed by atoms with Gasteiger partial charge in [0.15, 0.2) is 0 Å². The average molecular weight is 360 g/mol. The highest BCUT2D eigenvalue weighted by Gasteiger charge is 2.27. The molecule has 0 spiro atoms. The lowest BCUT2D eigenvalue weighted by Gasteiger charge is -2.21. The number of carbonyl (C=O) groups is 1. The zero-order chi connectivity index (χ0) is 14.7. The fourth-order valence-electron chi connectivity index (χ4n) is 3.32. The highest BCUT2D eigenvalue weighted by Crippen LogP contribution is 2.22. The summed E-state index contributed by atoms with van der Waals surface area (Å²) in [5, 5.41) is 0. The van der Waals surface area contributed by atoms with Crippen molar-refractivity contribution >= 4 is 36.4 Å². The van der Waals surface area contributed by atoms with E-state index in [0.717, 1.165) is 12.2 Å². The Morgan fingerprint density at radius 2 is 1.61 bits per heavy atom. The van der Waals surface area contributed by atoms with Gasteiger partial charge in [0.2, 0.25) is 5.91 Å². The topological polar surface area (TPSA) is 49.6 Å². The molecule has 6 heteroatoms. The fraction of sp³-hybridized carbons (Fsp3) is 0.588. The summed E-state index contributed by atoms with van der Waals surface area (Å²) in [6.07, 6.45) is 5.84. The molecule has 1 atom stereocenters. The molecule has 2 saturated heterocycles. The number of anilines is 1. The number of nitrogens with two attached hydrogens (primary N) is 1. The molecule has 2 N–H and O–H groups in total. The maximum Gasteiger partial charge on any atom is 0.228 e. The van der Waals surface area contributed by atoms with Crippen LogP contribution in [0.15, 0.2) is 24.3 Å². The van der Waals surface area contributed by atoms with E-state index in [2.05, 4.69) is 29.2 Å². The Morgan fingerprint density at radius 1 is 1.00 bits per heavy atom. The van der Waals surface area contributed by atoms with Crippen molar-refractivity contribution in [1.29, 1.82) is 0 Å². The van der Waals surface area contributed by atoms with E-state index < -0.39 is 0 Å². The second-order valence-electron chi connectivity index (χ2n) is 6.33. The Kier molecular flexibility index (Phi) is 8.34. The van der Waals surface area contributed by atoms with E-state index in [-0.39, 0.29) is 36.8 Å². The number of nitrogens with zero attached hydrogens (tertiary/aromatic N) is 2. The first-order valence-electron chi connectivity index (χ1n) is 8.09. The van der Waals surface area contributed by atoms with Gasteiger partial charge in [0, 0.05) is 31.2 Å². The van der Waals surface area contributed by atoms with Gasteiger partial charge in [-0.25, -0.2) is 0 Å². The molecule has 1 amide bonds. The Morgan fingerprint density at radius 3 is 2.13 bits per heavy atom. The molecule has 4 nitrogen and oxygen atoms in total. The third-order valence-corrected chi connectivity index (χ3v) is 4.51. The van der Waals surface area contributed by atoms with E-state index in [0.29, 0.717) is 13.0 Å². The largest absolute Gasteiger partial charge is 0.326 e. The van der Waals surface area contributed by atoms with Crippen LogP contribution in [0.2, 0.25) is 0 Å². The van der Waals surface area contributed by atoms with Crippen LogP contribution in [0.3, 0.4) is 0 Å². The molecule has 2 fully saturated rings. The van der Waals surface area contributed by atoms with Crippen molar-refractivity contribution < 1.29 is 4.79 Å². The number of amides is 1. The predicted molar refractivity (Wildman–Crippen MR) is 99.6 cm³/mol. The minimum Gasteiger partial charge on any atom is -0.326 e. The van der Waals surface area contributed by atoms with E-state index in [1.54, 1.807) is 4.90 Å².